The Hall–Kier alpha value is -1.41. The number of unbranched alkanes of at least 4 members (excludes halogenated alkanes) is 1. The van der Waals surface area contributed by atoms with Crippen molar-refractivity contribution >= 4 is 10.9 Å². The normalized spacial score (nSPS) is 12.8. The Kier molecular flexibility index (Phi) is 4.10. The van der Waals surface area contributed by atoms with Gasteiger partial charge in [0.25, 0.3) is 0 Å². The van der Waals surface area contributed by atoms with E-state index < -0.39 is 0 Å². The van der Waals surface area contributed by atoms with Gasteiger partial charge in [0.15, 0.2) is 0 Å². The summed E-state index contributed by atoms with van der Waals surface area (Å²) >= 11 is 0. The molecule has 0 fully saturated rings. The number of fused-ring (bicyclic) bond motifs is 1. The van der Waals surface area contributed by atoms with E-state index in [-0.39, 0.29) is 0 Å². The second kappa shape index (κ2) is 5.78. The zero-order valence-electron chi connectivity index (χ0n) is 10.6. The van der Waals surface area contributed by atoms with Gasteiger partial charge in [-0.05, 0) is 31.2 Å². The van der Waals surface area contributed by atoms with Crippen molar-refractivity contribution in [3.05, 3.63) is 42.1 Å². The lowest BCUT2D eigenvalue weighted by atomic mass is 9.97. The van der Waals surface area contributed by atoms with Gasteiger partial charge in [0, 0.05) is 17.6 Å². The van der Waals surface area contributed by atoms with Crippen molar-refractivity contribution in [2.45, 2.75) is 32.2 Å². The zero-order valence-corrected chi connectivity index (χ0v) is 10.6. The van der Waals surface area contributed by atoms with Crippen LogP contribution in [0.4, 0.5) is 0 Å². The van der Waals surface area contributed by atoms with Crippen LogP contribution in [0.1, 0.15) is 37.8 Å². The van der Waals surface area contributed by atoms with E-state index in [1.807, 2.05) is 19.3 Å². The molecule has 1 aromatic carbocycles. The summed E-state index contributed by atoms with van der Waals surface area (Å²) in [5, 5.41) is 4.69. The van der Waals surface area contributed by atoms with Crippen LogP contribution in [0.3, 0.4) is 0 Å². The standard InChI is InChI=1S/C15H20N2/c1-3-4-9-14(16-2)12-7-5-10-15-13(12)8-6-11-17-15/h5-8,10-11,14,16H,3-4,9H2,1-2H3. The number of hydrogen-bond acceptors (Lipinski definition) is 2. The molecule has 0 bridgehead atoms. The average Bonchev–Trinajstić information content (AvgIpc) is 2.40. The van der Waals surface area contributed by atoms with Gasteiger partial charge >= 0.3 is 0 Å². The third-order valence-electron chi connectivity index (χ3n) is 3.25. The average molecular weight is 228 g/mol. The number of pyridine rings is 1. The molecule has 0 radical (unpaired) electrons. The molecule has 0 aliphatic heterocycles. The second-order valence-corrected chi connectivity index (χ2v) is 4.40. The van der Waals surface area contributed by atoms with Gasteiger partial charge in [-0.25, -0.2) is 0 Å². The van der Waals surface area contributed by atoms with Crippen LogP contribution in [0.5, 0.6) is 0 Å². The summed E-state index contributed by atoms with van der Waals surface area (Å²) in [5.74, 6) is 0. The van der Waals surface area contributed by atoms with Crippen LogP contribution in [-0.2, 0) is 0 Å². The SMILES string of the molecule is CCCCC(NC)c1cccc2ncccc12. The molecule has 0 saturated carbocycles. The highest BCUT2D eigenvalue weighted by atomic mass is 14.9. The summed E-state index contributed by atoms with van der Waals surface area (Å²) in [6.07, 6.45) is 5.52. The molecule has 0 spiro atoms. The van der Waals surface area contributed by atoms with Crippen LogP contribution in [-0.4, -0.2) is 12.0 Å². The molecule has 90 valence electrons. The van der Waals surface area contributed by atoms with Gasteiger partial charge in [-0.1, -0.05) is 38.0 Å². The highest BCUT2D eigenvalue weighted by Gasteiger charge is 2.11. The van der Waals surface area contributed by atoms with Crippen molar-refractivity contribution in [2.24, 2.45) is 0 Å². The van der Waals surface area contributed by atoms with Crippen LogP contribution < -0.4 is 5.32 Å². The summed E-state index contributed by atoms with van der Waals surface area (Å²) in [6, 6.07) is 11.0. The summed E-state index contributed by atoms with van der Waals surface area (Å²) < 4.78 is 0. The largest absolute Gasteiger partial charge is 0.313 e. The zero-order chi connectivity index (χ0) is 12.1. The van der Waals surface area contributed by atoms with E-state index in [2.05, 4.69) is 41.5 Å². The van der Waals surface area contributed by atoms with Gasteiger partial charge < -0.3 is 5.32 Å². The fourth-order valence-electron chi connectivity index (χ4n) is 2.29. The summed E-state index contributed by atoms with van der Waals surface area (Å²) in [7, 11) is 2.04. The minimum Gasteiger partial charge on any atom is -0.313 e. The number of benzene rings is 1. The van der Waals surface area contributed by atoms with Crippen LogP contribution in [0.15, 0.2) is 36.5 Å². The number of rotatable bonds is 5. The van der Waals surface area contributed by atoms with Crippen molar-refractivity contribution < 1.29 is 0 Å². The van der Waals surface area contributed by atoms with Gasteiger partial charge in [-0.15, -0.1) is 0 Å². The maximum Gasteiger partial charge on any atom is 0.0705 e. The molecule has 2 heteroatoms. The molecule has 2 aromatic rings. The fourth-order valence-corrected chi connectivity index (χ4v) is 2.29. The van der Waals surface area contributed by atoms with Crippen LogP contribution in [0, 0.1) is 0 Å². The Labute approximate surface area is 103 Å². The van der Waals surface area contributed by atoms with E-state index in [1.54, 1.807) is 0 Å². The molecule has 0 aliphatic carbocycles. The molecule has 17 heavy (non-hydrogen) atoms. The molecular formula is C15H20N2. The number of nitrogens with one attached hydrogen (secondary N) is 1. The minimum atomic E-state index is 0.433. The van der Waals surface area contributed by atoms with E-state index in [4.69, 9.17) is 0 Å². The Morgan fingerprint density at radius 1 is 1.24 bits per heavy atom. The van der Waals surface area contributed by atoms with Crippen molar-refractivity contribution in [3.8, 4) is 0 Å². The first-order valence-electron chi connectivity index (χ1n) is 6.37. The molecule has 2 nitrogen and oxygen atoms in total. The van der Waals surface area contributed by atoms with E-state index >= 15 is 0 Å². The number of aromatic nitrogens is 1. The van der Waals surface area contributed by atoms with Gasteiger partial charge in [0.2, 0.25) is 0 Å². The van der Waals surface area contributed by atoms with Crippen molar-refractivity contribution in [3.63, 3.8) is 0 Å². The van der Waals surface area contributed by atoms with Crippen LogP contribution in [0.25, 0.3) is 10.9 Å². The third kappa shape index (κ3) is 2.64. The summed E-state index contributed by atoms with van der Waals surface area (Å²) in [6.45, 7) is 2.23. The molecule has 1 atom stereocenters. The Morgan fingerprint density at radius 3 is 2.88 bits per heavy atom. The molecule has 0 saturated heterocycles. The maximum atomic E-state index is 4.41. The highest BCUT2D eigenvalue weighted by Crippen LogP contribution is 2.26. The molecular weight excluding hydrogens is 208 g/mol. The highest BCUT2D eigenvalue weighted by molar-refractivity contribution is 5.82. The molecule has 0 amide bonds. The molecule has 1 N–H and O–H groups in total. The number of hydrogen-bond donors (Lipinski definition) is 1. The lowest BCUT2D eigenvalue weighted by molar-refractivity contribution is 0.526. The number of nitrogens with zero attached hydrogens (tertiary/aromatic N) is 1. The summed E-state index contributed by atoms with van der Waals surface area (Å²) in [4.78, 5) is 4.41. The summed E-state index contributed by atoms with van der Waals surface area (Å²) in [5.41, 5.74) is 2.45. The van der Waals surface area contributed by atoms with Crippen molar-refractivity contribution in [2.75, 3.05) is 7.05 Å². The smallest absolute Gasteiger partial charge is 0.0705 e. The topological polar surface area (TPSA) is 24.9 Å². The lowest BCUT2D eigenvalue weighted by Gasteiger charge is -2.18. The van der Waals surface area contributed by atoms with E-state index in [9.17, 15) is 0 Å². The maximum absolute atomic E-state index is 4.41. The monoisotopic (exact) mass is 228 g/mol. The van der Waals surface area contributed by atoms with E-state index in [0.29, 0.717) is 6.04 Å². The first-order chi connectivity index (χ1) is 8.36. The minimum absolute atomic E-state index is 0.433. The molecule has 2 rings (SSSR count). The van der Waals surface area contributed by atoms with E-state index in [1.165, 1.54) is 30.2 Å². The van der Waals surface area contributed by atoms with Crippen LogP contribution >= 0.6 is 0 Å². The predicted octanol–water partition coefficient (Wildman–Crippen LogP) is 3.69. The lowest BCUT2D eigenvalue weighted by Crippen LogP contribution is -2.16. The third-order valence-corrected chi connectivity index (χ3v) is 3.25. The van der Waals surface area contributed by atoms with Gasteiger partial charge in [0.1, 0.15) is 0 Å². The van der Waals surface area contributed by atoms with Gasteiger partial charge in [-0.3, -0.25) is 4.98 Å². The molecule has 0 aliphatic rings. The van der Waals surface area contributed by atoms with Gasteiger partial charge in [-0.2, -0.15) is 0 Å². The van der Waals surface area contributed by atoms with Gasteiger partial charge in [0.05, 0.1) is 5.52 Å². The quantitative estimate of drug-likeness (QED) is 0.844. The Bertz CT molecular complexity index is 474. The second-order valence-electron chi connectivity index (χ2n) is 4.40. The van der Waals surface area contributed by atoms with Crippen molar-refractivity contribution in [1.82, 2.24) is 10.3 Å². The first-order valence-corrected chi connectivity index (χ1v) is 6.37. The Balaban J connectivity index is 2.38. The fraction of sp³-hybridized carbons (Fsp3) is 0.400. The predicted molar refractivity (Wildman–Crippen MR) is 73.1 cm³/mol. The van der Waals surface area contributed by atoms with E-state index in [0.717, 1.165) is 5.52 Å². The first kappa shape index (κ1) is 12.1. The van der Waals surface area contributed by atoms with Crippen LogP contribution in [0.2, 0.25) is 0 Å². The van der Waals surface area contributed by atoms with Crippen molar-refractivity contribution in [1.29, 1.82) is 0 Å². The Morgan fingerprint density at radius 2 is 2.12 bits per heavy atom. The molecule has 1 aromatic heterocycles. The molecule has 1 unspecified atom stereocenters. The molecule has 1 heterocycles.